The van der Waals surface area contributed by atoms with Crippen molar-refractivity contribution in [2.24, 2.45) is 5.92 Å². The third-order valence-electron chi connectivity index (χ3n) is 3.98. The van der Waals surface area contributed by atoms with Gasteiger partial charge >= 0.3 is 0 Å². The number of ether oxygens (including phenoxy) is 1. The first kappa shape index (κ1) is 21.4. The Morgan fingerprint density at radius 3 is 2.61 bits per heavy atom. The Morgan fingerprint density at radius 1 is 1.25 bits per heavy atom. The lowest BCUT2D eigenvalue weighted by atomic mass is 10.2. The Labute approximate surface area is 188 Å². The second kappa shape index (κ2) is 9.44. The van der Waals surface area contributed by atoms with E-state index in [2.05, 4.69) is 29.8 Å². The van der Waals surface area contributed by atoms with Crippen LogP contribution in [0, 0.1) is 5.92 Å². The molecule has 0 bridgehead atoms. The summed E-state index contributed by atoms with van der Waals surface area (Å²) in [5.41, 5.74) is 1.89. The first-order valence-electron chi connectivity index (χ1n) is 8.75. The van der Waals surface area contributed by atoms with Crippen LogP contribution in [0.1, 0.15) is 25.0 Å². The van der Waals surface area contributed by atoms with Gasteiger partial charge in [-0.05, 0) is 47.4 Å². The molecule has 0 aliphatic carbocycles. The minimum atomic E-state index is -0.0459. The van der Waals surface area contributed by atoms with Gasteiger partial charge in [0, 0.05) is 11.0 Å². The van der Waals surface area contributed by atoms with Crippen LogP contribution >= 0.6 is 51.5 Å². The summed E-state index contributed by atoms with van der Waals surface area (Å²) in [6.45, 7) is 5.19. The standard InChI is InChI=1S/C21H19BrClNO2S2/c1-13(2)11-24-20(25)19(28-21(24)27)10-15-5-8-18(17(23)9-15)26-12-14-3-6-16(22)7-4-14/h3-10,13H,11-12H2,1-2H3/b19-10-. The van der Waals surface area contributed by atoms with Gasteiger partial charge in [0.15, 0.2) is 0 Å². The van der Waals surface area contributed by atoms with Gasteiger partial charge in [0.2, 0.25) is 0 Å². The van der Waals surface area contributed by atoms with Crippen molar-refractivity contribution in [3.63, 3.8) is 0 Å². The molecule has 3 nitrogen and oxygen atoms in total. The number of benzene rings is 2. The van der Waals surface area contributed by atoms with Crippen LogP contribution < -0.4 is 4.74 Å². The molecule has 0 aromatic heterocycles. The number of halogens is 2. The van der Waals surface area contributed by atoms with Crippen LogP contribution in [-0.4, -0.2) is 21.7 Å². The zero-order valence-corrected chi connectivity index (χ0v) is 19.4. The summed E-state index contributed by atoms with van der Waals surface area (Å²) in [7, 11) is 0. The molecule has 0 unspecified atom stereocenters. The molecule has 1 fully saturated rings. The Hall–Kier alpha value is -1.34. The molecule has 0 atom stereocenters. The predicted molar refractivity (Wildman–Crippen MR) is 125 cm³/mol. The first-order chi connectivity index (χ1) is 13.3. The van der Waals surface area contributed by atoms with Gasteiger partial charge in [-0.2, -0.15) is 0 Å². The van der Waals surface area contributed by atoms with Crippen LogP contribution in [0.15, 0.2) is 51.8 Å². The molecule has 0 N–H and O–H groups in total. The smallest absolute Gasteiger partial charge is 0.266 e. The number of amides is 1. The fourth-order valence-corrected chi connectivity index (χ4v) is 4.42. The third-order valence-corrected chi connectivity index (χ3v) is 6.18. The van der Waals surface area contributed by atoms with Gasteiger partial charge in [0.25, 0.3) is 5.91 Å². The highest BCUT2D eigenvalue weighted by molar-refractivity contribution is 9.10. The average Bonchev–Trinajstić information content (AvgIpc) is 2.89. The van der Waals surface area contributed by atoms with Crippen molar-refractivity contribution in [1.29, 1.82) is 0 Å². The molecule has 1 saturated heterocycles. The summed E-state index contributed by atoms with van der Waals surface area (Å²) in [5, 5.41) is 0.503. The van der Waals surface area contributed by atoms with E-state index in [9.17, 15) is 4.79 Å². The summed E-state index contributed by atoms with van der Waals surface area (Å²) >= 11 is 16.5. The van der Waals surface area contributed by atoms with Crippen molar-refractivity contribution in [2.75, 3.05) is 6.54 Å². The fraction of sp³-hybridized carbons (Fsp3) is 0.238. The fourth-order valence-electron chi connectivity index (χ4n) is 2.64. The monoisotopic (exact) mass is 495 g/mol. The molecule has 1 aliphatic rings. The number of carbonyl (C=O) groups is 1. The second-order valence-electron chi connectivity index (χ2n) is 6.79. The quantitative estimate of drug-likeness (QED) is 0.335. The number of thioether (sulfide) groups is 1. The van der Waals surface area contributed by atoms with Crippen LogP contribution in [0.2, 0.25) is 5.02 Å². The Balaban J connectivity index is 1.70. The lowest BCUT2D eigenvalue weighted by Gasteiger charge is -2.16. The Kier molecular flexibility index (Phi) is 7.20. The largest absolute Gasteiger partial charge is 0.487 e. The summed E-state index contributed by atoms with van der Waals surface area (Å²) < 4.78 is 7.45. The van der Waals surface area contributed by atoms with E-state index in [4.69, 9.17) is 28.6 Å². The van der Waals surface area contributed by atoms with Gasteiger partial charge in [0.1, 0.15) is 16.7 Å². The summed E-state index contributed by atoms with van der Waals surface area (Å²) in [4.78, 5) is 14.9. The molecule has 146 valence electrons. The number of hydrogen-bond donors (Lipinski definition) is 0. The molecular formula is C21H19BrClNO2S2. The minimum Gasteiger partial charge on any atom is -0.487 e. The molecule has 1 heterocycles. The molecule has 0 saturated carbocycles. The number of thiocarbonyl (C=S) groups is 1. The lowest BCUT2D eigenvalue weighted by molar-refractivity contribution is -0.122. The molecule has 0 spiro atoms. The first-order valence-corrected chi connectivity index (χ1v) is 11.1. The van der Waals surface area contributed by atoms with Gasteiger partial charge in [-0.25, -0.2) is 0 Å². The second-order valence-corrected chi connectivity index (χ2v) is 9.79. The molecule has 28 heavy (non-hydrogen) atoms. The summed E-state index contributed by atoms with van der Waals surface area (Å²) in [6.07, 6.45) is 1.82. The SMILES string of the molecule is CC(C)CN1C(=O)/C(=C/c2ccc(OCc3ccc(Br)cc3)c(Cl)c2)SC1=S. The van der Waals surface area contributed by atoms with E-state index in [-0.39, 0.29) is 5.91 Å². The van der Waals surface area contributed by atoms with E-state index in [1.807, 2.05) is 42.5 Å². The van der Waals surface area contributed by atoms with Crippen LogP contribution in [0.5, 0.6) is 5.75 Å². The number of rotatable bonds is 6. The van der Waals surface area contributed by atoms with Gasteiger partial charge in [-0.15, -0.1) is 0 Å². The molecule has 1 aliphatic heterocycles. The van der Waals surface area contributed by atoms with E-state index in [0.29, 0.717) is 39.1 Å². The molecule has 0 radical (unpaired) electrons. The Morgan fingerprint density at radius 2 is 1.96 bits per heavy atom. The maximum atomic E-state index is 12.6. The van der Waals surface area contributed by atoms with E-state index in [1.165, 1.54) is 11.8 Å². The highest BCUT2D eigenvalue weighted by atomic mass is 79.9. The maximum Gasteiger partial charge on any atom is 0.266 e. The van der Waals surface area contributed by atoms with Crippen molar-refractivity contribution < 1.29 is 9.53 Å². The van der Waals surface area contributed by atoms with Crippen molar-refractivity contribution in [2.45, 2.75) is 20.5 Å². The van der Waals surface area contributed by atoms with E-state index >= 15 is 0 Å². The van der Waals surface area contributed by atoms with Crippen molar-refractivity contribution in [3.8, 4) is 5.75 Å². The number of hydrogen-bond acceptors (Lipinski definition) is 4. The van der Waals surface area contributed by atoms with Gasteiger partial charge in [-0.1, -0.05) is 83.6 Å². The topological polar surface area (TPSA) is 29.5 Å². The molecule has 2 aromatic rings. The van der Waals surface area contributed by atoms with Crippen molar-refractivity contribution >= 4 is 67.8 Å². The van der Waals surface area contributed by atoms with Crippen molar-refractivity contribution in [1.82, 2.24) is 4.90 Å². The van der Waals surface area contributed by atoms with Gasteiger partial charge in [-0.3, -0.25) is 9.69 Å². The molecule has 3 rings (SSSR count). The summed E-state index contributed by atoms with van der Waals surface area (Å²) in [5.74, 6) is 0.919. The highest BCUT2D eigenvalue weighted by Crippen LogP contribution is 2.34. The normalized spacial score (nSPS) is 15.8. The molecular weight excluding hydrogens is 478 g/mol. The number of carbonyl (C=O) groups excluding carboxylic acids is 1. The van der Waals surface area contributed by atoms with E-state index in [0.717, 1.165) is 15.6 Å². The van der Waals surface area contributed by atoms with Crippen LogP contribution in [0.4, 0.5) is 0 Å². The number of nitrogens with zero attached hydrogens (tertiary/aromatic N) is 1. The van der Waals surface area contributed by atoms with E-state index in [1.54, 1.807) is 11.0 Å². The zero-order valence-electron chi connectivity index (χ0n) is 15.4. The highest BCUT2D eigenvalue weighted by Gasteiger charge is 2.32. The van der Waals surface area contributed by atoms with Gasteiger partial charge < -0.3 is 4.74 Å². The summed E-state index contributed by atoms with van der Waals surface area (Å²) in [6, 6.07) is 13.4. The lowest BCUT2D eigenvalue weighted by Crippen LogP contribution is -2.31. The van der Waals surface area contributed by atoms with Crippen molar-refractivity contribution in [3.05, 3.63) is 68.0 Å². The van der Waals surface area contributed by atoms with Crippen LogP contribution in [-0.2, 0) is 11.4 Å². The van der Waals surface area contributed by atoms with Gasteiger partial charge in [0.05, 0.1) is 9.93 Å². The van der Waals surface area contributed by atoms with Crippen LogP contribution in [0.3, 0.4) is 0 Å². The Bertz CT molecular complexity index is 929. The van der Waals surface area contributed by atoms with E-state index < -0.39 is 0 Å². The van der Waals surface area contributed by atoms with Crippen LogP contribution in [0.25, 0.3) is 6.08 Å². The third kappa shape index (κ3) is 5.38. The molecule has 1 amide bonds. The molecule has 2 aromatic carbocycles. The minimum absolute atomic E-state index is 0.0459. The predicted octanol–water partition coefficient (Wildman–Crippen LogP) is 6.54. The maximum absolute atomic E-state index is 12.6. The average molecular weight is 497 g/mol. The zero-order chi connectivity index (χ0) is 20.3. The molecule has 7 heteroatoms.